The Morgan fingerprint density at radius 2 is 2.05 bits per heavy atom. The number of hydrogen-bond acceptors (Lipinski definition) is 3. The molecule has 2 aliphatic carbocycles. The molecule has 4 nitrogen and oxygen atoms in total. The van der Waals surface area contributed by atoms with Crippen LogP contribution in [0.25, 0.3) is 0 Å². The van der Waals surface area contributed by atoms with E-state index in [0.29, 0.717) is 35.0 Å². The average Bonchev–Trinajstić information content (AvgIpc) is 3.37. The second-order valence-corrected chi connectivity index (χ2v) is 6.73. The summed E-state index contributed by atoms with van der Waals surface area (Å²) in [5.74, 6) is 1.51. The summed E-state index contributed by atoms with van der Waals surface area (Å²) < 4.78 is 11.2. The van der Waals surface area contributed by atoms with Crippen molar-refractivity contribution in [1.29, 1.82) is 0 Å². The van der Waals surface area contributed by atoms with Gasteiger partial charge in [-0.2, -0.15) is 0 Å². The lowest BCUT2D eigenvalue weighted by Gasteiger charge is -2.19. The molecule has 1 atom stereocenters. The summed E-state index contributed by atoms with van der Waals surface area (Å²) in [6.07, 6.45) is 4.68. The molecule has 1 aromatic carbocycles. The smallest absolute Gasteiger partial charge is 0.303 e. The van der Waals surface area contributed by atoms with Crippen LogP contribution >= 0.6 is 11.6 Å². The van der Waals surface area contributed by atoms with Crippen molar-refractivity contribution in [2.75, 3.05) is 13.7 Å². The molecule has 5 heteroatoms. The summed E-state index contributed by atoms with van der Waals surface area (Å²) in [6, 6.07) is 3.63. The summed E-state index contributed by atoms with van der Waals surface area (Å²) in [4.78, 5) is 11.1. The first-order valence-corrected chi connectivity index (χ1v) is 8.18. The third kappa shape index (κ3) is 3.67. The number of rotatable bonds is 8. The van der Waals surface area contributed by atoms with E-state index >= 15 is 0 Å². The number of methoxy groups -OCH3 is 1. The third-order valence-corrected chi connectivity index (χ3v) is 4.77. The predicted molar refractivity (Wildman–Crippen MR) is 83.9 cm³/mol. The highest BCUT2D eigenvalue weighted by Gasteiger charge is 2.35. The van der Waals surface area contributed by atoms with Crippen molar-refractivity contribution in [3.8, 4) is 11.5 Å². The highest BCUT2D eigenvalue weighted by Crippen LogP contribution is 2.48. The first kappa shape index (κ1) is 15.5. The van der Waals surface area contributed by atoms with E-state index in [-0.39, 0.29) is 12.3 Å². The van der Waals surface area contributed by atoms with Crippen LogP contribution in [0.1, 0.15) is 43.6 Å². The molecule has 2 fully saturated rings. The van der Waals surface area contributed by atoms with Crippen LogP contribution in [-0.2, 0) is 4.79 Å². The van der Waals surface area contributed by atoms with Crippen LogP contribution in [0, 0.1) is 11.8 Å². The Bertz CT molecular complexity index is 564. The minimum absolute atomic E-state index is 0.0450. The molecule has 0 spiro atoms. The molecule has 0 bridgehead atoms. The second kappa shape index (κ2) is 6.37. The molecule has 0 amide bonds. The van der Waals surface area contributed by atoms with Gasteiger partial charge in [0.15, 0.2) is 11.5 Å². The molecule has 1 aromatic rings. The highest BCUT2D eigenvalue weighted by atomic mass is 35.5. The molecule has 0 heterocycles. The predicted octanol–water partition coefficient (Wildman–Crippen LogP) is 4.11. The van der Waals surface area contributed by atoms with Crippen molar-refractivity contribution < 1.29 is 19.4 Å². The molecule has 1 N–H and O–H groups in total. The Balaban J connectivity index is 1.84. The normalized spacial score (nSPS) is 18.8. The summed E-state index contributed by atoms with van der Waals surface area (Å²) >= 11 is 6.41. The molecular weight excluding hydrogens is 304 g/mol. The Labute approximate surface area is 135 Å². The van der Waals surface area contributed by atoms with Crippen molar-refractivity contribution in [2.24, 2.45) is 11.8 Å². The Morgan fingerprint density at radius 1 is 1.32 bits per heavy atom. The van der Waals surface area contributed by atoms with E-state index in [1.54, 1.807) is 13.2 Å². The summed E-state index contributed by atoms with van der Waals surface area (Å²) in [5, 5.41) is 9.72. The molecule has 22 heavy (non-hydrogen) atoms. The van der Waals surface area contributed by atoms with Crippen molar-refractivity contribution in [1.82, 2.24) is 0 Å². The zero-order chi connectivity index (χ0) is 15.7. The average molecular weight is 325 g/mol. The van der Waals surface area contributed by atoms with Crippen LogP contribution in [0.4, 0.5) is 0 Å². The summed E-state index contributed by atoms with van der Waals surface area (Å²) in [5.41, 5.74) is 0.863. The number of carboxylic acids is 1. The molecule has 2 aliphatic rings. The Hall–Kier alpha value is -1.42. The molecular formula is C17H21ClO4. The van der Waals surface area contributed by atoms with Gasteiger partial charge in [0.25, 0.3) is 0 Å². The van der Waals surface area contributed by atoms with Gasteiger partial charge in [0.2, 0.25) is 0 Å². The number of carbonyl (C=O) groups is 1. The van der Waals surface area contributed by atoms with Crippen molar-refractivity contribution in [3.63, 3.8) is 0 Å². The Kier molecular flexibility index (Phi) is 4.48. The standard InChI is InChI=1S/C17H21ClO4/c1-21-15-6-13(12(7-17(19)20)11-4-5-11)14(18)8-16(15)22-9-10-2-3-10/h6,8,10-12H,2-5,7,9H2,1H3,(H,19,20). The second-order valence-electron chi connectivity index (χ2n) is 6.32. The molecule has 0 aliphatic heterocycles. The minimum Gasteiger partial charge on any atom is -0.493 e. The van der Waals surface area contributed by atoms with E-state index in [2.05, 4.69) is 0 Å². The van der Waals surface area contributed by atoms with Gasteiger partial charge in [-0.25, -0.2) is 0 Å². The SMILES string of the molecule is COc1cc(C(CC(=O)O)C2CC2)c(Cl)cc1OCC1CC1. The molecule has 0 radical (unpaired) electrons. The van der Waals surface area contributed by atoms with E-state index < -0.39 is 5.97 Å². The number of ether oxygens (including phenoxy) is 2. The van der Waals surface area contributed by atoms with Crippen LogP contribution < -0.4 is 9.47 Å². The molecule has 120 valence electrons. The van der Waals surface area contributed by atoms with Gasteiger partial charge in [0.05, 0.1) is 20.1 Å². The van der Waals surface area contributed by atoms with E-state index in [9.17, 15) is 4.79 Å². The van der Waals surface area contributed by atoms with Crippen molar-refractivity contribution in [2.45, 2.75) is 38.0 Å². The fraction of sp³-hybridized carbons (Fsp3) is 0.588. The van der Waals surface area contributed by atoms with Crippen LogP contribution in [0.3, 0.4) is 0 Å². The Morgan fingerprint density at radius 3 is 2.59 bits per heavy atom. The lowest BCUT2D eigenvalue weighted by Crippen LogP contribution is -2.10. The maximum atomic E-state index is 11.1. The first-order valence-electron chi connectivity index (χ1n) is 7.80. The van der Waals surface area contributed by atoms with Gasteiger partial charge >= 0.3 is 5.97 Å². The zero-order valence-electron chi connectivity index (χ0n) is 12.7. The van der Waals surface area contributed by atoms with Gasteiger partial charge in [-0.05, 0) is 55.1 Å². The fourth-order valence-corrected chi connectivity index (χ4v) is 3.11. The van der Waals surface area contributed by atoms with Gasteiger partial charge in [0.1, 0.15) is 0 Å². The van der Waals surface area contributed by atoms with Gasteiger partial charge in [-0.3, -0.25) is 4.79 Å². The van der Waals surface area contributed by atoms with Crippen molar-refractivity contribution in [3.05, 3.63) is 22.7 Å². The molecule has 2 saturated carbocycles. The first-order chi connectivity index (χ1) is 10.6. The quantitative estimate of drug-likeness (QED) is 0.782. The lowest BCUT2D eigenvalue weighted by atomic mass is 9.90. The van der Waals surface area contributed by atoms with Crippen molar-refractivity contribution >= 4 is 17.6 Å². The summed E-state index contributed by atoms with van der Waals surface area (Å²) in [7, 11) is 1.60. The van der Waals surface area contributed by atoms with Crippen LogP contribution in [0.15, 0.2) is 12.1 Å². The molecule has 0 saturated heterocycles. The number of benzene rings is 1. The van der Waals surface area contributed by atoms with Gasteiger partial charge in [-0.1, -0.05) is 11.6 Å². The number of hydrogen-bond donors (Lipinski definition) is 1. The largest absolute Gasteiger partial charge is 0.493 e. The molecule has 1 unspecified atom stereocenters. The van der Waals surface area contributed by atoms with E-state index in [1.165, 1.54) is 12.8 Å². The minimum atomic E-state index is -0.791. The summed E-state index contributed by atoms with van der Waals surface area (Å²) in [6.45, 7) is 0.688. The van der Waals surface area contributed by atoms with E-state index in [4.69, 9.17) is 26.2 Å². The third-order valence-electron chi connectivity index (χ3n) is 4.44. The van der Waals surface area contributed by atoms with Gasteiger partial charge in [-0.15, -0.1) is 0 Å². The zero-order valence-corrected chi connectivity index (χ0v) is 13.4. The van der Waals surface area contributed by atoms with Crippen LogP contribution in [0.5, 0.6) is 11.5 Å². The van der Waals surface area contributed by atoms with Crippen LogP contribution in [-0.4, -0.2) is 24.8 Å². The van der Waals surface area contributed by atoms with E-state index in [0.717, 1.165) is 18.4 Å². The highest BCUT2D eigenvalue weighted by molar-refractivity contribution is 6.31. The molecule has 3 rings (SSSR count). The monoisotopic (exact) mass is 324 g/mol. The van der Waals surface area contributed by atoms with Gasteiger partial charge in [0, 0.05) is 11.1 Å². The lowest BCUT2D eigenvalue weighted by molar-refractivity contribution is -0.137. The topological polar surface area (TPSA) is 55.8 Å². The van der Waals surface area contributed by atoms with Crippen LogP contribution in [0.2, 0.25) is 5.02 Å². The fourth-order valence-electron chi connectivity index (χ4n) is 2.82. The maximum absolute atomic E-state index is 11.1. The van der Waals surface area contributed by atoms with Gasteiger partial charge < -0.3 is 14.6 Å². The van der Waals surface area contributed by atoms with E-state index in [1.807, 2.05) is 6.07 Å². The number of halogens is 1. The maximum Gasteiger partial charge on any atom is 0.303 e. The molecule has 0 aromatic heterocycles. The number of carboxylic acid groups (broad SMARTS) is 1. The number of aliphatic carboxylic acids is 1.